The predicted octanol–water partition coefficient (Wildman–Crippen LogP) is 4.59. The summed E-state index contributed by atoms with van der Waals surface area (Å²) in [7, 11) is 0. The van der Waals surface area contributed by atoms with Gasteiger partial charge in [0.1, 0.15) is 0 Å². The molecule has 38 heavy (non-hydrogen) atoms. The number of carbonyl (C=O) groups is 1. The predicted molar refractivity (Wildman–Crippen MR) is 149 cm³/mol. The summed E-state index contributed by atoms with van der Waals surface area (Å²) in [5, 5.41) is 27.1. The van der Waals surface area contributed by atoms with E-state index in [0.29, 0.717) is 18.2 Å². The van der Waals surface area contributed by atoms with E-state index in [1.165, 1.54) is 0 Å². The van der Waals surface area contributed by atoms with E-state index in [4.69, 9.17) is 4.98 Å². The SMILES string of the molecule is Cc1c(CC#N)cccc1[C@@H](C)Nc1nnc(C)c2cnc(C3CCN(C(=O)C4CCNCC4)CC3)cc12. The van der Waals surface area contributed by atoms with Crippen LogP contribution < -0.4 is 10.6 Å². The lowest BCUT2D eigenvalue weighted by atomic mass is 9.90. The Kier molecular flexibility index (Phi) is 7.85. The minimum atomic E-state index is -0.00490. The third-order valence-corrected chi connectivity index (χ3v) is 8.36. The molecule has 8 heteroatoms. The Labute approximate surface area is 224 Å². The molecule has 0 saturated carbocycles. The van der Waals surface area contributed by atoms with Crippen LogP contribution in [0.5, 0.6) is 0 Å². The van der Waals surface area contributed by atoms with Gasteiger partial charge in [0.15, 0.2) is 5.82 Å². The number of nitriles is 1. The zero-order valence-corrected chi connectivity index (χ0v) is 22.6. The van der Waals surface area contributed by atoms with Crippen LogP contribution >= 0.6 is 0 Å². The summed E-state index contributed by atoms with van der Waals surface area (Å²) in [4.78, 5) is 19.9. The van der Waals surface area contributed by atoms with Gasteiger partial charge in [0.05, 0.1) is 24.2 Å². The first-order valence-electron chi connectivity index (χ1n) is 13.8. The lowest BCUT2D eigenvalue weighted by molar-refractivity contribution is -0.137. The van der Waals surface area contributed by atoms with Crippen molar-refractivity contribution in [3.63, 3.8) is 0 Å². The Morgan fingerprint density at radius 3 is 2.66 bits per heavy atom. The van der Waals surface area contributed by atoms with Crippen LogP contribution in [0, 0.1) is 31.1 Å². The Bertz CT molecular complexity index is 1350. The highest BCUT2D eigenvalue weighted by Crippen LogP contribution is 2.33. The molecule has 2 fully saturated rings. The maximum absolute atomic E-state index is 13.0. The molecule has 0 aliphatic carbocycles. The second kappa shape index (κ2) is 11.4. The molecule has 5 rings (SSSR count). The molecule has 2 aromatic heterocycles. The van der Waals surface area contributed by atoms with E-state index in [1.54, 1.807) is 0 Å². The normalized spacial score (nSPS) is 17.8. The smallest absolute Gasteiger partial charge is 0.225 e. The summed E-state index contributed by atoms with van der Waals surface area (Å²) < 4.78 is 0. The number of carbonyl (C=O) groups excluding carboxylic acids is 1. The quantitative estimate of drug-likeness (QED) is 0.499. The van der Waals surface area contributed by atoms with Crippen molar-refractivity contribution in [3.8, 4) is 6.07 Å². The molecule has 3 aromatic rings. The number of nitrogens with one attached hydrogen (secondary N) is 2. The van der Waals surface area contributed by atoms with Crippen molar-refractivity contribution >= 4 is 22.5 Å². The summed E-state index contributed by atoms with van der Waals surface area (Å²) in [6.45, 7) is 9.62. The average Bonchev–Trinajstić information content (AvgIpc) is 2.95. The summed E-state index contributed by atoms with van der Waals surface area (Å²) in [5.74, 6) is 1.57. The van der Waals surface area contributed by atoms with E-state index in [1.807, 2.05) is 25.3 Å². The number of rotatable bonds is 6. The summed E-state index contributed by atoms with van der Waals surface area (Å²) >= 11 is 0. The van der Waals surface area contributed by atoms with Crippen molar-refractivity contribution in [2.45, 2.75) is 64.8 Å². The fourth-order valence-electron chi connectivity index (χ4n) is 5.97. The van der Waals surface area contributed by atoms with Crippen molar-refractivity contribution in [2.24, 2.45) is 5.92 Å². The Morgan fingerprint density at radius 2 is 1.92 bits per heavy atom. The standard InChI is InChI=1S/C30H37N7O/c1-19-22(7-12-31)5-4-6-25(19)20(2)34-29-26-17-28(33-18-27(26)21(3)35-36-29)23-10-15-37(16-11-23)30(38)24-8-13-32-14-9-24/h4-6,17-18,20,23-24,32H,7-11,13-16H2,1-3H3,(H,34,36)/t20-/m1/s1. The number of aryl methyl sites for hydroxylation is 1. The molecule has 0 radical (unpaired) electrons. The largest absolute Gasteiger partial charge is 0.362 e. The van der Waals surface area contributed by atoms with E-state index >= 15 is 0 Å². The number of hydrogen-bond donors (Lipinski definition) is 2. The highest BCUT2D eigenvalue weighted by molar-refractivity contribution is 5.92. The van der Waals surface area contributed by atoms with Crippen molar-refractivity contribution in [2.75, 3.05) is 31.5 Å². The van der Waals surface area contributed by atoms with Gasteiger partial charge < -0.3 is 15.5 Å². The molecule has 2 aliphatic heterocycles. The molecule has 198 valence electrons. The molecule has 0 bridgehead atoms. The molecule has 0 spiro atoms. The second-order valence-corrected chi connectivity index (χ2v) is 10.7. The molecule has 1 aromatic carbocycles. The maximum atomic E-state index is 13.0. The molecule has 2 saturated heterocycles. The van der Waals surface area contributed by atoms with Crippen LogP contribution in [0.25, 0.3) is 10.8 Å². The zero-order valence-electron chi connectivity index (χ0n) is 22.6. The van der Waals surface area contributed by atoms with Gasteiger partial charge in [-0.2, -0.15) is 10.4 Å². The first-order chi connectivity index (χ1) is 18.5. The maximum Gasteiger partial charge on any atom is 0.225 e. The fourth-order valence-corrected chi connectivity index (χ4v) is 5.97. The van der Waals surface area contributed by atoms with E-state index in [0.717, 1.165) is 96.5 Å². The van der Waals surface area contributed by atoms with Crippen LogP contribution in [0.3, 0.4) is 0 Å². The summed E-state index contributed by atoms with van der Waals surface area (Å²) in [6, 6.07) is 10.5. The molecule has 2 aliphatic rings. The molecule has 2 N–H and O–H groups in total. The Balaban J connectivity index is 1.34. The van der Waals surface area contributed by atoms with Gasteiger partial charge in [-0.25, -0.2) is 0 Å². The van der Waals surface area contributed by atoms with E-state index in [2.05, 4.69) is 57.8 Å². The zero-order chi connectivity index (χ0) is 26.6. The van der Waals surface area contributed by atoms with Crippen LogP contribution in [0.4, 0.5) is 5.82 Å². The number of aromatic nitrogens is 3. The number of nitrogens with zero attached hydrogens (tertiary/aromatic N) is 5. The number of amides is 1. The Morgan fingerprint density at radius 1 is 1.16 bits per heavy atom. The van der Waals surface area contributed by atoms with Crippen LogP contribution in [0.15, 0.2) is 30.5 Å². The number of pyridine rings is 1. The molecule has 8 nitrogen and oxygen atoms in total. The molecule has 1 atom stereocenters. The first kappa shape index (κ1) is 26.1. The number of fused-ring (bicyclic) bond motifs is 1. The minimum Gasteiger partial charge on any atom is -0.362 e. The van der Waals surface area contributed by atoms with Crippen molar-refractivity contribution in [1.82, 2.24) is 25.4 Å². The molecular weight excluding hydrogens is 474 g/mol. The number of anilines is 1. The number of piperidine rings is 2. The third kappa shape index (κ3) is 5.34. The van der Waals surface area contributed by atoms with Gasteiger partial charge in [-0.1, -0.05) is 18.2 Å². The molecule has 4 heterocycles. The fraction of sp³-hybridized carbons (Fsp3) is 0.500. The van der Waals surface area contributed by atoms with Gasteiger partial charge in [-0.15, -0.1) is 5.10 Å². The highest BCUT2D eigenvalue weighted by Gasteiger charge is 2.30. The summed E-state index contributed by atoms with van der Waals surface area (Å²) in [6.07, 6.45) is 6.07. The first-order valence-corrected chi connectivity index (χ1v) is 13.8. The molecular formula is C30H37N7O. The number of likely N-dealkylation sites (tertiary alicyclic amines) is 1. The third-order valence-electron chi connectivity index (χ3n) is 8.36. The van der Waals surface area contributed by atoms with Gasteiger partial charge in [-0.05, 0) is 82.3 Å². The monoisotopic (exact) mass is 511 g/mol. The van der Waals surface area contributed by atoms with Crippen LogP contribution in [-0.2, 0) is 11.2 Å². The van der Waals surface area contributed by atoms with Gasteiger partial charge in [0, 0.05) is 47.6 Å². The summed E-state index contributed by atoms with van der Waals surface area (Å²) in [5.41, 5.74) is 5.24. The molecule has 1 amide bonds. The van der Waals surface area contributed by atoms with Crippen LogP contribution in [0.1, 0.15) is 72.6 Å². The lowest BCUT2D eigenvalue weighted by Gasteiger charge is -2.35. The van der Waals surface area contributed by atoms with E-state index < -0.39 is 0 Å². The van der Waals surface area contributed by atoms with E-state index in [-0.39, 0.29) is 12.0 Å². The van der Waals surface area contributed by atoms with Crippen LogP contribution in [-0.4, -0.2) is 52.2 Å². The van der Waals surface area contributed by atoms with Crippen molar-refractivity contribution < 1.29 is 4.79 Å². The highest BCUT2D eigenvalue weighted by atomic mass is 16.2. The van der Waals surface area contributed by atoms with E-state index in [9.17, 15) is 10.1 Å². The van der Waals surface area contributed by atoms with Crippen molar-refractivity contribution in [3.05, 3.63) is 58.5 Å². The number of benzene rings is 1. The second-order valence-electron chi connectivity index (χ2n) is 10.7. The van der Waals surface area contributed by atoms with Gasteiger partial charge in [0.25, 0.3) is 0 Å². The minimum absolute atomic E-state index is 0.00490. The van der Waals surface area contributed by atoms with Gasteiger partial charge >= 0.3 is 0 Å². The van der Waals surface area contributed by atoms with Crippen molar-refractivity contribution in [1.29, 1.82) is 5.26 Å². The topological polar surface area (TPSA) is 107 Å². The molecule has 0 unspecified atom stereocenters. The lowest BCUT2D eigenvalue weighted by Crippen LogP contribution is -2.44. The van der Waals surface area contributed by atoms with Crippen LogP contribution in [0.2, 0.25) is 0 Å². The van der Waals surface area contributed by atoms with Gasteiger partial charge in [0.2, 0.25) is 5.91 Å². The van der Waals surface area contributed by atoms with Gasteiger partial charge in [-0.3, -0.25) is 9.78 Å². The Hall–Kier alpha value is -3.57. The average molecular weight is 512 g/mol. The number of hydrogen-bond acceptors (Lipinski definition) is 7.